The van der Waals surface area contributed by atoms with Gasteiger partial charge < -0.3 is 10.1 Å². The molecule has 0 amide bonds. The first kappa shape index (κ1) is 14.2. The molecule has 2 aromatic rings. The molecule has 0 bridgehead atoms. The average Bonchev–Trinajstić information content (AvgIpc) is 2.55. The second kappa shape index (κ2) is 6.77. The molecule has 1 aliphatic rings. The summed E-state index contributed by atoms with van der Waals surface area (Å²) in [6, 6.07) is 17.6. The lowest BCUT2D eigenvalue weighted by atomic mass is 9.90. The van der Waals surface area contributed by atoms with Crippen LogP contribution in [-0.2, 0) is 12.8 Å². The summed E-state index contributed by atoms with van der Waals surface area (Å²) >= 11 is 0. The van der Waals surface area contributed by atoms with E-state index in [1.165, 1.54) is 29.5 Å². The van der Waals surface area contributed by atoms with Crippen molar-refractivity contribution >= 4 is 0 Å². The van der Waals surface area contributed by atoms with Crippen LogP contribution in [0.15, 0.2) is 48.5 Å². The SMILES string of the molecule is COc1cccc2c1CCNC2CCCc1ccccc1. The number of fused-ring (bicyclic) bond motifs is 1. The number of benzene rings is 2. The third-order valence-corrected chi connectivity index (χ3v) is 4.33. The average molecular weight is 281 g/mol. The van der Waals surface area contributed by atoms with E-state index in [2.05, 4.69) is 53.8 Å². The van der Waals surface area contributed by atoms with Gasteiger partial charge in [0, 0.05) is 11.6 Å². The third-order valence-electron chi connectivity index (χ3n) is 4.33. The quantitative estimate of drug-likeness (QED) is 0.897. The highest BCUT2D eigenvalue weighted by Gasteiger charge is 2.21. The maximum Gasteiger partial charge on any atom is 0.122 e. The molecule has 1 unspecified atom stereocenters. The number of methoxy groups -OCH3 is 1. The maximum atomic E-state index is 5.51. The van der Waals surface area contributed by atoms with Gasteiger partial charge in [0.25, 0.3) is 0 Å². The molecule has 0 fully saturated rings. The first-order valence-corrected chi connectivity index (χ1v) is 7.81. The van der Waals surface area contributed by atoms with E-state index in [1.54, 1.807) is 7.11 Å². The zero-order chi connectivity index (χ0) is 14.5. The predicted molar refractivity (Wildman–Crippen MR) is 86.8 cm³/mol. The standard InChI is InChI=1S/C19H23NO/c1-21-19-12-6-10-16-17(19)13-14-20-18(16)11-5-9-15-7-3-2-4-8-15/h2-4,6-8,10,12,18,20H,5,9,11,13-14H2,1H3. The van der Waals surface area contributed by atoms with Gasteiger partial charge in [-0.3, -0.25) is 0 Å². The van der Waals surface area contributed by atoms with Crippen LogP contribution in [0.3, 0.4) is 0 Å². The van der Waals surface area contributed by atoms with Crippen molar-refractivity contribution < 1.29 is 4.74 Å². The molecule has 1 heterocycles. The summed E-state index contributed by atoms with van der Waals surface area (Å²) in [7, 11) is 1.77. The van der Waals surface area contributed by atoms with Crippen LogP contribution in [0, 0.1) is 0 Å². The lowest BCUT2D eigenvalue weighted by Gasteiger charge is -2.28. The Morgan fingerprint density at radius 3 is 2.76 bits per heavy atom. The van der Waals surface area contributed by atoms with Crippen molar-refractivity contribution in [2.75, 3.05) is 13.7 Å². The zero-order valence-electron chi connectivity index (χ0n) is 12.6. The molecule has 0 aromatic heterocycles. The van der Waals surface area contributed by atoms with Gasteiger partial charge in [-0.25, -0.2) is 0 Å². The van der Waals surface area contributed by atoms with Crippen LogP contribution in [0.1, 0.15) is 35.6 Å². The summed E-state index contributed by atoms with van der Waals surface area (Å²) in [6.07, 6.45) is 4.60. The minimum atomic E-state index is 0.465. The molecule has 1 atom stereocenters. The molecule has 2 nitrogen and oxygen atoms in total. The van der Waals surface area contributed by atoms with Gasteiger partial charge in [-0.1, -0.05) is 42.5 Å². The minimum absolute atomic E-state index is 0.465. The van der Waals surface area contributed by atoms with E-state index in [-0.39, 0.29) is 0 Å². The van der Waals surface area contributed by atoms with Gasteiger partial charge in [-0.2, -0.15) is 0 Å². The van der Waals surface area contributed by atoms with Crippen molar-refractivity contribution in [1.82, 2.24) is 5.32 Å². The first-order valence-electron chi connectivity index (χ1n) is 7.81. The molecule has 110 valence electrons. The topological polar surface area (TPSA) is 21.3 Å². The van der Waals surface area contributed by atoms with Gasteiger partial charge in [-0.05, 0) is 49.4 Å². The number of rotatable bonds is 5. The van der Waals surface area contributed by atoms with Gasteiger partial charge >= 0.3 is 0 Å². The highest BCUT2D eigenvalue weighted by Crippen LogP contribution is 2.32. The Bertz CT molecular complexity index is 579. The lowest BCUT2D eigenvalue weighted by molar-refractivity contribution is 0.396. The van der Waals surface area contributed by atoms with Gasteiger partial charge in [0.15, 0.2) is 0 Å². The van der Waals surface area contributed by atoms with Crippen LogP contribution in [0.5, 0.6) is 5.75 Å². The first-order chi connectivity index (χ1) is 10.4. The number of ether oxygens (including phenoxy) is 1. The van der Waals surface area contributed by atoms with Gasteiger partial charge in [0.05, 0.1) is 7.11 Å². The van der Waals surface area contributed by atoms with E-state index in [9.17, 15) is 0 Å². The van der Waals surface area contributed by atoms with E-state index < -0.39 is 0 Å². The largest absolute Gasteiger partial charge is 0.496 e. The molecular weight excluding hydrogens is 258 g/mol. The number of aryl methyl sites for hydroxylation is 1. The highest BCUT2D eigenvalue weighted by molar-refractivity contribution is 5.43. The fraction of sp³-hybridized carbons (Fsp3) is 0.368. The predicted octanol–water partition coefficient (Wildman–Crippen LogP) is 3.90. The van der Waals surface area contributed by atoms with E-state index >= 15 is 0 Å². The molecule has 1 aliphatic heterocycles. The van der Waals surface area contributed by atoms with Crippen molar-refractivity contribution in [2.45, 2.75) is 31.7 Å². The van der Waals surface area contributed by atoms with Crippen LogP contribution in [0.25, 0.3) is 0 Å². The summed E-state index contributed by atoms with van der Waals surface area (Å²) in [5.74, 6) is 1.04. The Labute approximate surface area is 127 Å². The molecule has 0 saturated carbocycles. The Balaban J connectivity index is 1.65. The summed E-state index contributed by atoms with van der Waals surface area (Å²) in [5, 5.41) is 3.66. The number of hydrogen-bond acceptors (Lipinski definition) is 2. The molecule has 2 heteroatoms. The molecule has 0 spiro atoms. The zero-order valence-corrected chi connectivity index (χ0v) is 12.6. The fourth-order valence-corrected chi connectivity index (χ4v) is 3.26. The Morgan fingerprint density at radius 2 is 1.95 bits per heavy atom. The second-order valence-electron chi connectivity index (χ2n) is 5.66. The lowest BCUT2D eigenvalue weighted by Crippen LogP contribution is -2.30. The van der Waals surface area contributed by atoms with Crippen LogP contribution in [0.2, 0.25) is 0 Å². The van der Waals surface area contributed by atoms with E-state index in [4.69, 9.17) is 4.74 Å². The normalized spacial score (nSPS) is 17.3. The van der Waals surface area contributed by atoms with Crippen molar-refractivity contribution in [3.63, 3.8) is 0 Å². The van der Waals surface area contributed by atoms with E-state index in [0.29, 0.717) is 6.04 Å². The van der Waals surface area contributed by atoms with Crippen molar-refractivity contribution in [3.05, 3.63) is 65.2 Å². The van der Waals surface area contributed by atoms with Crippen LogP contribution < -0.4 is 10.1 Å². The third kappa shape index (κ3) is 3.27. The summed E-state index contributed by atoms with van der Waals surface area (Å²) in [6.45, 7) is 1.05. The molecule has 1 N–H and O–H groups in total. The van der Waals surface area contributed by atoms with Gasteiger partial charge in [-0.15, -0.1) is 0 Å². The van der Waals surface area contributed by atoms with Crippen LogP contribution in [0.4, 0.5) is 0 Å². The Morgan fingerprint density at radius 1 is 1.10 bits per heavy atom. The Kier molecular flexibility index (Phi) is 4.56. The van der Waals surface area contributed by atoms with E-state index in [1.807, 2.05) is 0 Å². The molecular formula is C19H23NO. The highest BCUT2D eigenvalue weighted by atomic mass is 16.5. The number of hydrogen-bond donors (Lipinski definition) is 1. The van der Waals surface area contributed by atoms with E-state index in [0.717, 1.165) is 25.1 Å². The Hall–Kier alpha value is -1.80. The molecule has 3 rings (SSSR count). The van der Waals surface area contributed by atoms with Crippen molar-refractivity contribution in [2.24, 2.45) is 0 Å². The molecule has 2 aromatic carbocycles. The molecule has 0 aliphatic carbocycles. The second-order valence-corrected chi connectivity index (χ2v) is 5.66. The molecule has 21 heavy (non-hydrogen) atoms. The number of nitrogens with one attached hydrogen (secondary N) is 1. The summed E-state index contributed by atoms with van der Waals surface area (Å²) in [4.78, 5) is 0. The molecule has 0 saturated heterocycles. The van der Waals surface area contributed by atoms with Crippen LogP contribution >= 0.6 is 0 Å². The van der Waals surface area contributed by atoms with Crippen molar-refractivity contribution in [3.8, 4) is 5.75 Å². The maximum absolute atomic E-state index is 5.51. The minimum Gasteiger partial charge on any atom is -0.496 e. The smallest absolute Gasteiger partial charge is 0.122 e. The van der Waals surface area contributed by atoms with Gasteiger partial charge in [0.1, 0.15) is 5.75 Å². The van der Waals surface area contributed by atoms with Gasteiger partial charge in [0.2, 0.25) is 0 Å². The summed E-state index contributed by atoms with van der Waals surface area (Å²) in [5.41, 5.74) is 4.25. The fourth-order valence-electron chi connectivity index (χ4n) is 3.26. The summed E-state index contributed by atoms with van der Waals surface area (Å²) < 4.78 is 5.51. The monoisotopic (exact) mass is 281 g/mol. The van der Waals surface area contributed by atoms with Crippen LogP contribution in [-0.4, -0.2) is 13.7 Å². The van der Waals surface area contributed by atoms with Crippen molar-refractivity contribution in [1.29, 1.82) is 0 Å². The molecule has 0 radical (unpaired) electrons.